The number of imidazole rings is 1. The third-order valence-corrected chi connectivity index (χ3v) is 5.58. The van der Waals surface area contributed by atoms with Crippen LogP contribution >= 0.6 is 0 Å². The zero-order chi connectivity index (χ0) is 21.8. The van der Waals surface area contributed by atoms with Crippen LogP contribution in [0, 0.1) is 5.92 Å². The average Bonchev–Trinajstić information content (AvgIpc) is 3.41. The van der Waals surface area contributed by atoms with Crippen molar-refractivity contribution in [1.82, 2.24) is 14.5 Å². The van der Waals surface area contributed by atoms with Crippen LogP contribution in [0.5, 0.6) is 5.75 Å². The van der Waals surface area contributed by atoms with Crippen molar-refractivity contribution in [3.05, 3.63) is 84.4 Å². The minimum atomic E-state index is -1.07. The summed E-state index contributed by atoms with van der Waals surface area (Å²) in [6.07, 6.45) is 5.88. The van der Waals surface area contributed by atoms with Crippen molar-refractivity contribution in [2.24, 2.45) is 5.92 Å². The van der Waals surface area contributed by atoms with Gasteiger partial charge >= 0.3 is 0 Å². The molecule has 0 bridgehead atoms. The molecule has 0 spiro atoms. The Morgan fingerprint density at radius 3 is 2.42 bits per heavy atom. The maximum absolute atomic E-state index is 13.3. The normalized spacial score (nSPS) is 18.4. The zero-order valence-electron chi connectivity index (χ0n) is 17.2. The second kappa shape index (κ2) is 8.95. The molecule has 158 valence electrons. The first-order valence-corrected chi connectivity index (χ1v) is 10.1. The molecule has 7 heteroatoms. The molecule has 0 radical (unpaired) electrons. The van der Waals surface area contributed by atoms with Crippen molar-refractivity contribution in [3.63, 3.8) is 0 Å². The number of benzene rings is 2. The highest BCUT2D eigenvalue weighted by Crippen LogP contribution is 2.38. The Kier molecular flexibility index (Phi) is 5.93. The first-order valence-electron chi connectivity index (χ1n) is 10.1. The number of carbonyl (C=O) groups excluding carboxylic acids is 3. The van der Waals surface area contributed by atoms with E-state index in [1.165, 1.54) is 4.90 Å². The van der Waals surface area contributed by atoms with Crippen LogP contribution < -0.4 is 4.74 Å². The summed E-state index contributed by atoms with van der Waals surface area (Å²) in [6, 6.07) is 15.2. The quantitative estimate of drug-likeness (QED) is 0.320. The fraction of sp³-hybridized carbons (Fsp3) is 0.250. The summed E-state index contributed by atoms with van der Waals surface area (Å²) in [5.74, 6) is -2.01. The Labute approximate surface area is 180 Å². The van der Waals surface area contributed by atoms with E-state index in [1.807, 2.05) is 29.0 Å². The number of hydrogen-bond donors (Lipinski definition) is 0. The fourth-order valence-corrected chi connectivity index (χ4v) is 4.03. The highest BCUT2D eigenvalue weighted by molar-refractivity contribution is 6.44. The number of aryl methyl sites for hydroxylation is 1. The maximum Gasteiger partial charge on any atom is 0.291 e. The largest absolute Gasteiger partial charge is 0.497 e. The standard InChI is InChI=1S/C24H23N3O4/c1-31-19-10-8-17(9-11-19)21-20(22(28)18-6-3-2-4-7-18)23(29)24(30)27(21)14-5-13-26-15-12-25-16-26/h2-4,6-12,15-16,20-21H,5,13-14H2,1H3. The van der Waals surface area contributed by atoms with Gasteiger partial charge in [-0.2, -0.15) is 0 Å². The van der Waals surface area contributed by atoms with Crippen molar-refractivity contribution in [2.45, 2.75) is 19.0 Å². The number of hydrogen-bond acceptors (Lipinski definition) is 5. The maximum atomic E-state index is 13.3. The SMILES string of the molecule is COc1ccc(C2C(C(=O)c3ccccc3)C(=O)C(=O)N2CCCn2ccnc2)cc1. The number of aromatic nitrogens is 2. The molecule has 2 unspecified atom stereocenters. The summed E-state index contributed by atoms with van der Waals surface area (Å²) in [7, 11) is 1.57. The first-order chi connectivity index (χ1) is 15.1. The molecule has 0 aliphatic carbocycles. The third-order valence-electron chi connectivity index (χ3n) is 5.58. The number of rotatable bonds is 8. The fourth-order valence-electron chi connectivity index (χ4n) is 4.03. The lowest BCUT2D eigenvalue weighted by Gasteiger charge is -2.27. The van der Waals surface area contributed by atoms with Crippen molar-refractivity contribution < 1.29 is 19.1 Å². The Hall–Kier alpha value is -3.74. The van der Waals surface area contributed by atoms with Crippen LogP contribution in [0.25, 0.3) is 0 Å². The Morgan fingerprint density at radius 2 is 1.77 bits per heavy atom. The monoisotopic (exact) mass is 417 g/mol. The van der Waals surface area contributed by atoms with E-state index in [-0.39, 0.29) is 5.78 Å². The zero-order valence-corrected chi connectivity index (χ0v) is 17.2. The van der Waals surface area contributed by atoms with Gasteiger partial charge in [0.2, 0.25) is 5.78 Å². The van der Waals surface area contributed by atoms with Crippen LogP contribution in [0.3, 0.4) is 0 Å². The second-order valence-electron chi connectivity index (χ2n) is 7.44. The molecule has 2 heterocycles. The van der Waals surface area contributed by atoms with Gasteiger partial charge in [-0.3, -0.25) is 14.4 Å². The summed E-state index contributed by atoms with van der Waals surface area (Å²) >= 11 is 0. The van der Waals surface area contributed by atoms with Crippen LogP contribution in [0.1, 0.15) is 28.4 Å². The van der Waals surface area contributed by atoms with Crippen molar-refractivity contribution >= 4 is 17.5 Å². The van der Waals surface area contributed by atoms with E-state index in [1.54, 1.807) is 56.0 Å². The van der Waals surface area contributed by atoms with Gasteiger partial charge in [0.15, 0.2) is 5.78 Å². The molecular formula is C24H23N3O4. The third kappa shape index (κ3) is 4.12. The van der Waals surface area contributed by atoms with E-state index in [9.17, 15) is 14.4 Å². The Balaban J connectivity index is 1.65. The van der Waals surface area contributed by atoms with Gasteiger partial charge in [-0.15, -0.1) is 0 Å². The highest BCUT2D eigenvalue weighted by Gasteiger charge is 2.51. The molecule has 1 fully saturated rings. The lowest BCUT2D eigenvalue weighted by molar-refractivity contribution is -0.140. The molecule has 31 heavy (non-hydrogen) atoms. The summed E-state index contributed by atoms with van der Waals surface area (Å²) in [5.41, 5.74) is 1.16. The van der Waals surface area contributed by atoms with Gasteiger partial charge in [0, 0.05) is 31.0 Å². The molecule has 1 aliphatic heterocycles. The van der Waals surface area contributed by atoms with Gasteiger partial charge in [0.1, 0.15) is 11.7 Å². The first kappa shape index (κ1) is 20.5. The van der Waals surface area contributed by atoms with Gasteiger partial charge in [-0.25, -0.2) is 4.98 Å². The molecule has 7 nitrogen and oxygen atoms in total. The van der Waals surface area contributed by atoms with Gasteiger partial charge in [-0.05, 0) is 24.1 Å². The predicted molar refractivity (Wildman–Crippen MR) is 114 cm³/mol. The highest BCUT2D eigenvalue weighted by atomic mass is 16.5. The molecule has 0 N–H and O–H groups in total. The second-order valence-corrected chi connectivity index (χ2v) is 7.44. The molecule has 1 aliphatic rings. The summed E-state index contributed by atoms with van der Waals surface area (Å²) < 4.78 is 7.14. The van der Waals surface area contributed by atoms with Crippen molar-refractivity contribution in [1.29, 1.82) is 0 Å². The van der Waals surface area contributed by atoms with Gasteiger partial charge in [0.25, 0.3) is 5.91 Å². The number of methoxy groups -OCH3 is 1. The van der Waals surface area contributed by atoms with E-state index < -0.39 is 23.7 Å². The number of ketones is 2. The minimum Gasteiger partial charge on any atom is -0.497 e. The van der Waals surface area contributed by atoms with Crippen LogP contribution in [0.4, 0.5) is 0 Å². The van der Waals surface area contributed by atoms with E-state index in [4.69, 9.17) is 4.74 Å². The van der Waals surface area contributed by atoms with Crippen LogP contribution in [-0.4, -0.2) is 45.6 Å². The topological polar surface area (TPSA) is 81.5 Å². The number of Topliss-reactive ketones (excluding diaryl/α,β-unsaturated/α-hetero) is 2. The van der Waals surface area contributed by atoms with Crippen LogP contribution in [-0.2, 0) is 16.1 Å². The molecule has 2 atom stereocenters. The Bertz CT molecular complexity index is 1060. The van der Waals surface area contributed by atoms with Gasteiger partial charge in [-0.1, -0.05) is 42.5 Å². The molecule has 2 aromatic carbocycles. The number of amides is 1. The predicted octanol–water partition coefficient (Wildman–Crippen LogP) is 2.93. The molecule has 1 amide bonds. The Morgan fingerprint density at radius 1 is 1.03 bits per heavy atom. The minimum absolute atomic E-state index is 0.336. The van der Waals surface area contributed by atoms with Crippen LogP contribution in [0.15, 0.2) is 73.3 Å². The molecule has 1 saturated heterocycles. The van der Waals surface area contributed by atoms with Gasteiger partial charge < -0.3 is 14.2 Å². The van der Waals surface area contributed by atoms with Crippen LogP contribution in [0.2, 0.25) is 0 Å². The lowest BCUT2D eigenvalue weighted by Crippen LogP contribution is -2.32. The van der Waals surface area contributed by atoms with Crippen molar-refractivity contribution in [2.75, 3.05) is 13.7 Å². The number of likely N-dealkylation sites (tertiary alicyclic amines) is 1. The van der Waals surface area contributed by atoms with E-state index in [0.717, 1.165) is 5.56 Å². The lowest BCUT2D eigenvalue weighted by atomic mass is 9.86. The van der Waals surface area contributed by atoms with E-state index in [2.05, 4.69) is 4.98 Å². The number of carbonyl (C=O) groups is 3. The molecule has 0 saturated carbocycles. The molecule has 4 rings (SSSR count). The van der Waals surface area contributed by atoms with Gasteiger partial charge in [0.05, 0.1) is 19.5 Å². The number of nitrogens with zero attached hydrogens (tertiary/aromatic N) is 3. The van der Waals surface area contributed by atoms with Crippen molar-refractivity contribution in [3.8, 4) is 5.75 Å². The average molecular weight is 417 g/mol. The number of ether oxygens (including phenoxy) is 1. The summed E-state index contributed by atoms with van der Waals surface area (Å²) in [4.78, 5) is 44.7. The van der Waals surface area contributed by atoms with E-state index >= 15 is 0 Å². The molecule has 1 aromatic heterocycles. The molecule has 3 aromatic rings. The molecular weight excluding hydrogens is 394 g/mol. The smallest absolute Gasteiger partial charge is 0.291 e. The summed E-state index contributed by atoms with van der Waals surface area (Å²) in [6.45, 7) is 1.02. The summed E-state index contributed by atoms with van der Waals surface area (Å²) in [5, 5.41) is 0. The van der Waals surface area contributed by atoms with E-state index in [0.29, 0.717) is 30.8 Å².